The molecule has 0 spiro atoms. The molecule has 0 aliphatic carbocycles. The molecule has 0 aromatic heterocycles. The molecule has 0 saturated heterocycles. The van der Waals surface area contributed by atoms with Crippen LogP contribution in [0.15, 0.2) is 0 Å². The zero-order valence-corrected chi connectivity index (χ0v) is 32.7. The minimum Gasteiger partial charge on any atom is -0.756 e. The summed E-state index contributed by atoms with van der Waals surface area (Å²) in [6, 6.07) is 0. The summed E-state index contributed by atoms with van der Waals surface area (Å²) >= 11 is 0. The van der Waals surface area contributed by atoms with Crippen LogP contribution in [0.3, 0.4) is 0 Å². The number of likely N-dealkylation sites (N-methyl/N-ethyl adjacent to an activating group) is 1. The molecule has 49 heavy (non-hydrogen) atoms. The quantitative estimate of drug-likeness (QED) is 0.0207. The average Bonchev–Trinajstić information content (AvgIpc) is 3.04. The molecule has 0 aromatic rings. The monoisotopic (exact) mass is 721 g/mol. The molecular weight excluding hydrogens is 649 g/mol. The van der Waals surface area contributed by atoms with E-state index in [2.05, 4.69) is 11.7 Å². The van der Waals surface area contributed by atoms with Gasteiger partial charge >= 0.3 is 17.9 Å². The summed E-state index contributed by atoms with van der Waals surface area (Å²) in [4.78, 5) is 48.4. The number of methoxy groups -OCH3 is 1. The SMILES string of the molecule is CCCCCCCCCCCCCCCCCC(=O)OC[C@H](COP(=O)([O-])OCC[N+](C)(C)C)OC(=O)CCCCCCCCC(=O)OC. The first-order valence-corrected chi connectivity index (χ1v) is 20.7. The van der Waals surface area contributed by atoms with Crippen molar-refractivity contribution < 1.29 is 51.6 Å². The molecule has 290 valence electrons. The van der Waals surface area contributed by atoms with Gasteiger partial charge in [-0.05, 0) is 19.3 Å². The minimum absolute atomic E-state index is 0.0499. The number of esters is 3. The number of hydrogen-bond donors (Lipinski definition) is 0. The summed E-state index contributed by atoms with van der Waals surface area (Å²) in [6.07, 6.45) is 23.3. The van der Waals surface area contributed by atoms with Crippen molar-refractivity contribution in [2.24, 2.45) is 0 Å². The Morgan fingerprint density at radius 3 is 1.43 bits per heavy atom. The van der Waals surface area contributed by atoms with Crippen LogP contribution < -0.4 is 4.89 Å². The van der Waals surface area contributed by atoms with Gasteiger partial charge in [0, 0.05) is 19.3 Å². The van der Waals surface area contributed by atoms with E-state index in [1.165, 1.54) is 84.2 Å². The Kier molecular flexibility index (Phi) is 30.3. The van der Waals surface area contributed by atoms with E-state index in [9.17, 15) is 23.8 Å². The number of ether oxygens (including phenoxy) is 3. The van der Waals surface area contributed by atoms with E-state index in [1.807, 2.05) is 21.1 Å². The first kappa shape index (κ1) is 47.5. The van der Waals surface area contributed by atoms with Crippen LogP contribution in [0.5, 0.6) is 0 Å². The summed E-state index contributed by atoms with van der Waals surface area (Å²) in [5, 5.41) is 0. The lowest BCUT2D eigenvalue weighted by Crippen LogP contribution is -2.37. The molecule has 0 fully saturated rings. The molecule has 0 radical (unpaired) electrons. The van der Waals surface area contributed by atoms with Crippen molar-refractivity contribution >= 4 is 25.7 Å². The van der Waals surface area contributed by atoms with Crippen LogP contribution in [0.1, 0.15) is 161 Å². The zero-order valence-electron chi connectivity index (χ0n) is 31.9. The third-order valence-electron chi connectivity index (χ3n) is 8.38. The fourth-order valence-corrected chi connectivity index (χ4v) is 5.97. The van der Waals surface area contributed by atoms with E-state index in [0.29, 0.717) is 23.9 Å². The van der Waals surface area contributed by atoms with Crippen LogP contribution in [-0.2, 0) is 42.2 Å². The summed E-state index contributed by atoms with van der Waals surface area (Å²) in [7, 11) is 2.47. The molecule has 0 aromatic carbocycles. The Morgan fingerprint density at radius 1 is 0.592 bits per heavy atom. The van der Waals surface area contributed by atoms with Gasteiger partial charge in [-0.3, -0.25) is 18.9 Å². The van der Waals surface area contributed by atoms with E-state index in [-0.39, 0.29) is 32.0 Å². The summed E-state index contributed by atoms with van der Waals surface area (Å²) in [5.41, 5.74) is 0. The normalized spacial score (nSPS) is 13.5. The smallest absolute Gasteiger partial charge is 0.306 e. The molecule has 0 rings (SSSR count). The van der Waals surface area contributed by atoms with Crippen LogP contribution in [0.25, 0.3) is 0 Å². The summed E-state index contributed by atoms with van der Waals surface area (Å²) in [5.74, 6) is -1.13. The molecule has 0 N–H and O–H groups in total. The van der Waals surface area contributed by atoms with Crippen LogP contribution >= 0.6 is 7.82 Å². The largest absolute Gasteiger partial charge is 0.756 e. The van der Waals surface area contributed by atoms with Gasteiger partial charge in [-0.25, -0.2) is 0 Å². The van der Waals surface area contributed by atoms with Crippen molar-refractivity contribution in [1.82, 2.24) is 0 Å². The molecule has 0 saturated carbocycles. The molecular formula is C37H72NO10P. The van der Waals surface area contributed by atoms with E-state index in [0.717, 1.165) is 51.4 Å². The standard InChI is InChI=1S/C37H72NO10P/c1-6-7-8-9-10-11-12-13-14-15-16-17-18-22-25-28-36(40)45-32-34(33-47-49(42,43)46-31-30-38(2,3)4)48-37(41)29-26-23-20-19-21-24-27-35(39)44-5/h34H,6-33H2,1-5H3/t34-/m1/s1. The van der Waals surface area contributed by atoms with E-state index in [4.69, 9.17) is 18.5 Å². The Balaban J connectivity index is 4.37. The Labute approximate surface area is 298 Å². The summed E-state index contributed by atoms with van der Waals surface area (Å²) in [6.45, 7) is 1.87. The highest BCUT2D eigenvalue weighted by molar-refractivity contribution is 7.45. The maximum Gasteiger partial charge on any atom is 0.306 e. The van der Waals surface area contributed by atoms with Crippen LogP contribution in [0, 0.1) is 0 Å². The predicted molar refractivity (Wildman–Crippen MR) is 192 cm³/mol. The van der Waals surface area contributed by atoms with Crippen molar-refractivity contribution in [1.29, 1.82) is 0 Å². The Bertz CT molecular complexity index is 880. The van der Waals surface area contributed by atoms with Gasteiger partial charge in [-0.15, -0.1) is 0 Å². The second-order valence-electron chi connectivity index (χ2n) is 14.3. The lowest BCUT2D eigenvalue weighted by Gasteiger charge is -2.28. The number of unbranched alkanes of at least 4 members (excludes halogenated alkanes) is 19. The van der Waals surface area contributed by atoms with Crippen LogP contribution in [0.4, 0.5) is 0 Å². The highest BCUT2D eigenvalue weighted by Gasteiger charge is 2.21. The topological polar surface area (TPSA) is 137 Å². The molecule has 0 bridgehead atoms. The maximum absolute atomic E-state index is 12.5. The predicted octanol–water partition coefficient (Wildman–Crippen LogP) is 8.20. The van der Waals surface area contributed by atoms with Crippen molar-refractivity contribution in [2.45, 2.75) is 167 Å². The lowest BCUT2D eigenvalue weighted by molar-refractivity contribution is -0.870. The molecule has 1 unspecified atom stereocenters. The van der Waals surface area contributed by atoms with Crippen LogP contribution in [0.2, 0.25) is 0 Å². The summed E-state index contributed by atoms with van der Waals surface area (Å²) < 4.78 is 38.2. The first-order valence-electron chi connectivity index (χ1n) is 19.2. The van der Waals surface area contributed by atoms with Crippen molar-refractivity contribution in [3.8, 4) is 0 Å². The van der Waals surface area contributed by atoms with E-state index < -0.39 is 32.5 Å². The van der Waals surface area contributed by atoms with Crippen molar-refractivity contribution in [2.75, 3.05) is 54.6 Å². The van der Waals surface area contributed by atoms with E-state index >= 15 is 0 Å². The highest BCUT2D eigenvalue weighted by atomic mass is 31.2. The average molecular weight is 722 g/mol. The fourth-order valence-electron chi connectivity index (χ4n) is 5.25. The Hall–Kier alpha value is -1.52. The molecule has 0 heterocycles. The number of quaternary nitrogens is 1. The number of nitrogens with zero attached hydrogens (tertiary/aromatic N) is 1. The number of phosphoric acid groups is 1. The number of rotatable bonds is 35. The van der Waals surface area contributed by atoms with Gasteiger partial charge < -0.3 is 32.6 Å². The minimum atomic E-state index is -4.64. The second-order valence-corrected chi connectivity index (χ2v) is 15.7. The van der Waals surface area contributed by atoms with E-state index in [1.54, 1.807) is 0 Å². The van der Waals surface area contributed by atoms with Crippen molar-refractivity contribution in [3.63, 3.8) is 0 Å². The third-order valence-corrected chi connectivity index (χ3v) is 9.35. The van der Waals surface area contributed by atoms with Gasteiger partial charge in [-0.1, -0.05) is 122 Å². The number of carbonyl (C=O) groups excluding carboxylic acids is 3. The number of carbonyl (C=O) groups is 3. The fraction of sp³-hybridized carbons (Fsp3) is 0.919. The third kappa shape index (κ3) is 34.7. The van der Waals surface area contributed by atoms with Gasteiger partial charge in [0.05, 0.1) is 34.9 Å². The molecule has 0 aliphatic heterocycles. The second kappa shape index (κ2) is 31.2. The molecule has 2 atom stereocenters. The van der Waals surface area contributed by atoms with Crippen LogP contribution in [-0.4, -0.2) is 83.1 Å². The van der Waals surface area contributed by atoms with Gasteiger partial charge in [0.1, 0.15) is 19.8 Å². The maximum atomic E-state index is 12.5. The number of phosphoric ester groups is 1. The lowest BCUT2D eigenvalue weighted by atomic mass is 10.0. The number of hydrogen-bond acceptors (Lipinski definition) is 10. The highest BCUT2D eigenvalue weighted by Crippen LogP contribution is 2.38. The molecule has 12 heteroatoms. The van der Waals surface area contributed by atoms with Gasteiger partial charge in [0.25, 0.3) is 7.82 Å². The van der Waals surface area contributed by atoms with Gasteiger partial charge in [0.15, 0.2) is 6.10 Å². The van der Waals surface area contributed by atoms with Crippen molar-refractivity contribution in [3.05, 3.63) is 0 Å². The Morgan fingerprint density at radius 2 is 1.00 bits per heavy atom. The first-order chi connectivity index (χ1) is 23.4. The molecule has 11 nitrogen and oxygen atoms in total. The molecule has 0 aliphatic rings. The van der Waals surface area contributed by atoms with Gasteiger partial charge in [-0.2, -0.15) is 0 Å². The molecule has 0 amide bonds. The van der Waals surface area contributed by atoms with Gasteiger partial charge in [0.2, 0.25) is 0 Å². The zero-order chi connectivity index (χ0) is 36.6.